The number of carbonyl (C=O) groups excluding carboxylic acids is 1. The van der Waals surface area contributed by atoms with Crippen LogP contribution < -0.4 is 10.5 Å². The number of nitriles is 1. The highest BCUT2D eigenvalue weighted by molar-refractivity contribution is 5.82. The van der Waals surface area contributed by atoms with Gasteiger partial charge < -0.3 is 15.4 Å². The van der Waals surface area contributed by atoms with Gasteiger partial charge in [0.1, 0.15) is 24.1 Å². The minimum atomic E-state index is -0.685. The van der Waals surface area contributed by atoms with Crippen LogP contribution in [-0.4, -0.2) is 46.8 Å². The first-order chi connectivity index (χ1) is 15.9. The maximum Gasteiger partial charge on any atom is 0.244 e. The third-order valence-corrected chi connectivity index (χ3v) is 5.70. The first kappa shape index (κ1) is 22.4. The molecule has 1 aliphatic heterocycles. The molecule has 7 nitrogen and oxygen atoms in total. The first-order valence-electron chi connectivity index (χ1n) is 10.5. The molecule has 9 heteroatoms. The van der Waals surface area contributed by atoms with Crippen LogP contribution in [0.15, 0.2) is 42.6 Å². The van der Waals surface area contributed by atoms with Gasteiger partial charge >= 0.3 is 0 Å². The molecule has 2 aromatic carbocycles. The highest BCUT2D eigenvalue weighted by atomic mass is 19.1. The molecule has 1 aromatic heterocycles. The Morgan fingerprint density at radius 3 is 2.67 bits per heavy atom. The molecular formula is C24H23F2N5O2. The third-order valence-electron chi connectivity index (χ3n) is 5.70. The van der Waals surface area contributed by atoms with Crippen LogP contribution in [0.25, 0.3) is 22.4 Å². The van der Waals surface area contributed by atoms with Crippen molar-refractivity contribution in [3.8, 4) is 34.2 Å². The molecule has 0 radical (unpaired) electrons. The first-order valence-corrected chi connectivity index (χ1v) is 10.5. The lowest BCUT2D eigenvalue weighted by Crippen LogP contribution is -2.46. The van der Waals surface area contributed by atoms with Crippen molar-refractivity contribution in [1.29, 1.82) is 5.26 Å². The Labute approximate surface area is 190 Å². The molecule has 1 aliphatic rings. The standard InChI is InChI=1S/C24H23F2N5O2/c1-33-22-7-6-15(9-21(22)26)19-13-31(14-23(32)30-8-2-3-18(28)12-30)29-24(19)16-4-5-17(11-27)20(25)10-16/h4-7,9-10,13,18H,2-3,8,12,14,28H2,1H3. The summed E-state index contributed by atoms with van der Waals surface area (Å²) in [5.41, 5.74) is 7.68. The summed E-state index contributed by atoms with van der Waals surface area (Å²) in [5.74, 6) is -1.28. The van der Waals surface area contributed by atoms with Gasteiger partial charge in [0.05, 0.1) is 12.7 Å². The van der Waals surface area contributed by atoms with E-state index in [1.54, 1.807) is 29.3 Å². The van der Waals surface area contributed by atoms with Crippen LogP contribution >= 0.6 is 0 Å². The van der Waals surface area contributed by atoms with Gasteiger partial charge in [0.15, 0.2) is 11.6 Å². The summed E-state index contributed by atoms with van der Waals surface area (Å²) in [7, 11) is 1.37. The van der Waals surface area contributed by atoms with E-state index in [-0.39, 0.29) is 29.8 Å². The van der Waals surface area contributed by atoms with Crippen molar-refractivity contribution in [2.75, 3.05) is 20.2 Å². The van der Waals surface area contributed by atoms with E-state index >= 15 is 0 Å². The van der Waals surface area contributed by atoms with Gasteiger partial charge in [-0.2, -0.15) is 10.4 Å². The minimum absolute atomic E-state index is 0.0306. The molecule has 1 fully saturated rings. The molecular weight excluding hydrogens is 428 g/mol. The second-order valence-electron chi connectivity index (χ2n) is 7.99. The summed E-state index contributed by atoms with van der Waals surface area (Å²) in [6.45, 7) is 1.10. The smallest absolute Gasteiger partial charge is 0.244 e. The van der Waals surface area contributed by atoms with Crippen molar-refractivity contribution in [2.45, 2.75) is 25.4 Å². The predicted octanol–water partition coefficient (Wildman–Crippen LogP) is 3.33. The van der Waals surface area contributed by atoms with Crippen molar-refractivity contribution in [3.63, 3.8) is 0 Å². The topological polar surface area (TPSA) is 97.2 Å². The lowest BCUT2D eigenvalue weighted by atomic mass is 10.0. The second-order valence-corrected chi connectivity index (χ2v) is 7.99. The predicted molar refractivity (Wildman–Crippen MR) is 118 cm³/mol. The van der Waals surface area contributed by atoms with E-state index in [1.165, 1.54) is 36.1 Å². The zero-order valence-corrected chi connectivity index (χ0v) is 18.1. The summed E-state index contributed by atoms with van der Waals surface area (Å²) >= 11 is 0. The number of carbonyl (C=O) groups is 1. The van der Waals surface area contributed by atoms with Crippen molar-refractivity contribution in [1.82, 2.24) is 14.7 Å². The van der Waals surface area contributed by atoms with Crippen LogP contribution in [0.3, 0.4) is 0 Å². The van der Waals surface area contributed by atoms with Crippen LogP contribution in [0, 0.1) is 23.0 Å². The number of hydrogen-bond acceptors (Lipinski definition) is 5. The molecule has 1 unspecified atom stereocenters. The third kappa shape index (κ3) is 4.71. The quantitative estimate of drug-likeness (QED) is 0.642. The van der Waals surface area contributed by atoms with E-state index in [1.807, 2.05) is 0 Å². The van der Waals surface area contributed by atoms with Crippen molar-refractivity contribution < 1.29 is 18.3 Å². The van der Waals surface area contributed by atoms with E-state index < -0.39 is 11.6 Å². The molecule has 0 bridgehead atoms. The number of likely N-dealkylation sites (tertiary alicyclic amines) is 1. The van der Waals surface area contributed by atoms with E-state index in [0.717, 1.165) is 12.8 Å². The molecule has 1 saturated heterocycles. The largest absolute Gasteiger partial charge is 0.494 e. The summed E-state index contributed by atoms with van der Waals surface area (Å²) in [6, 6.07) is 10.3. The lowest BCUT2D eigenvalue weighted by molar-refractivity contribution is -0.133. The molecule has 1 atom stereocenters. The molecule has 3 aromatic rings. The summed E-state index contributed by atoms with van der Waals surface area (Å²) < 4.78 is 35.2. The van der Waals surface area contributed by atoms with Crippen LogP contribution in [-0.2, 0) is 11.3 Å². The van der Waals surface area contributed by atoms with Crippen molar-refractivity contribution in [3.05, 3.63) is 59.8 Å². The lowest BCUT2D eigenvalue weighted by Gasteiger charge is -2.30. The number of aromatic nitrogens is 2. The molecule has 0 spiro atoms. The Kier molecular flexibility index (Phi) is 6.38. The number of benzene rings is 2. The van der Waals surface area contributed by atoms with Gasteiger partial charge in [-0.3, -0.25) is 9.48 Å². The zero-order chi connectivity index (χ0) is 23.5. The number of amides is 1. The summed E-state index contributed by atoms with van der Waals surface area (Å²) in [4.78, 5) is 14.5. The van der Waals surface area contributed by atoms with Crippen LogP contribution in [0.2, 0.25) is 0 Å². The molecule has 1 amide bonds. The maximum absolute atomic E-state index is 14.4. The van der Waals surface area contributed by atoms with Gasteiger partial charge in [0.2, 0.25) is 5.91 Å². The maximum atomic E-state index is 14.4. The molecule has 170 valence electrons. The van der Waals surface area contributed by atoms with E-state index in [2.05, 4.69) is 5.10 Å². The average molecular weight is 451 g/mol. The number of nitrogens with two attached hydrogens (primary N) is 1. The van der Waals surface area contributed by atoms with Crippen LogP contribution in [0.1, 0.15) is 18.4 Å². The fourth-order valence-corrected chi connectivity index (χ4v) is 3.99. The Hall–Kier alpha value is -3.77. The van der Waals surface area contributed by atoms with Crippen molar-refractivity contribution in [2.24, 2.45) is 5.73 Å². The van der Waals surface area contributed by atoms with Gasteiger partial charge in [-0.15, -0.1) is 0 Å². The minimum Gasteiger partial charge on any atom is -0.494 e. The SMILES string of the molecule is COc1ccc(-c2cn(CC(=O)N3CCCC(N)C3)nc2-c2ccc(C#N)c(F)c2)cc1F. The number of rotatable bonds is 5. The van der Waals surface area contributed by atoms with Gasteiger partial charge in [-0.25, -0.2) is 8.78 Å². The highest BCUT2D eigenvalue weighted by Gasteiger charge is 2.23. The average Bonchev–Trinajstić information content (AvgIpc) is 3.22. The summed E-state index contributed by atoms with van der Waals surface area (Å²) in [5, 5.41) is 13.5. The van der Waals surface area contributed by atoms with E-state index in [0.29, 0.717) is 35.5 Å². The number of halogens is 2. The number of hydrogen-bond donors (Lipinski definition) is 1. The van der Waals surface area contributed by atoms with E-state index in [9.17, 15) is 13.6 Å². The second kappa shape index (κ2) is 9.38. The van der Waals surface area contributed by atoms with Gasteiger partial charge in [0, 0.05) is 36.5 Å². The van der Waals surface area contributed by atoms with Gasteiger partial charge in [-0.05, 0) is 42.7 Å². The molecule has 0 saturated carbocycles. The Morgan fingerprint density at radius 2 is 2.00 bits per heavy atom. The zero-order valence-electron chi connectivity index (χ0n) is 18.1. The normalized spacial score (nSPS) is 15.8. The van der Waals surface area contributed by atoms with Crippen molar-refractivity contribution >= 4 is 5.91 Å². The molecule has 2 N–H and O–H groups in total. The fraction of sp³-hybridized carbons (Fsp3) is 0.292. The Bertz CT molecular complexity index is 1230. The van der Waals surface area contributed by atoms with Gasteiger partial charge in [-0.1, -0.05) is 12.1 Å². The molecule has 33 heavy (non-hydrogen) atoms. The number of methoxy groups -OCH3 is 1. The Balaban J connectivity index is 1.73. The monoisotopic (exact) mass is 451 g/mol. The number of nitrogens with zero attached hydrogens (tertiary/aromatic N) is 4. The van der Waals surface area contributed by atoms with Crippen LogP contribution in [0.4, 0.5) is 8.78 Å². The Morgan fingerprint density at radius 1 is 1.24 bits per heavy atom. The fourth-order valence-electron chi connectivity index (χ4n) is 3.99. The van der Waals surface area contributed by atoms with E-state index in [4.69, 9.17) is 15.7 Å². The highest BCUT2D eigenvalue weighted by Crippen LogP contribution is 2.34. The van der Waals surface area contributed by atoms with Crippen LogP contribution in [0.5, 0.6) is 5.75 Å². The molecule has 4 rings (SSSR count). The number of piperidine rings is 1. The molecule has 0 aliphatic carbocycles. The van der Waals surface area contributed by atoms with Gasteiger partial charge in [0.25, 0.3) is 0 Å². The number of ether oxygens (including phenoxy) is 1. The molecule has 2 heterocycles. The summed E-state index contributed by atoms with van der Waals surface area (Å²) in [6.07, 6.45) is 3.36.